The molecule has 0 aromatic carbocycles. The first-order valence-corrected chi connectivity index (χ1v) is 6.83. The van der Waals surface area contributed by atoms with Gasteiger partial charge < -0.3 is 15.7 Å². The SMILES string of the molecule is NC1(CC(=O)N2CCCC2C(=O)O)CCCCC1. The van der Waals surface area contributed by atoms with E-state index in [1.165, 1.54) is 11.3 Å². The van der Waals surface area contributed by atoms with Gasteiger partial charge in [0.15, 0.2) is 0 Å². The molecular formula is C13H22N2O3. The monoisotopic (exact) mass is 254 g/mol. The summed E-state index contributed by atoms with van der Waals surface area (Å²) < 4.78 is 0. The molecule has 18 heavy (non-hydrogen) atoms. The number of rotatable bonds is 3. The summed E-state index contributed by atoms with van der Waals surface area (Å²) in [5, 5.41) is 9.08. The van der Waals surface area contributed by atoms with Gasteiger partial charge in [0.25, 0.3) is 0 Å². The van der Waals surface area contributed by atoms with Crippen molar-refractivity contribution in [3.8, 4) is 0 Å². The highest BCUT2D eigenvalue weighted by Gasteiger charge is 2.38. The van der Waals surface area contributed by atoms with Gasteiger partial charge in [0.05, 0.1) is 0 Å². The minimum atomic E-state index is -0.893. The molecule has 102 valence electrons. The number of carboxylic acids is 1. The second kappa shape index (κ2) is 5.26. The van der Waals surface area contributed by atoms with Gasteiger partial charge >= 0.3 is 5.97 Å². The van der Waals surface area contributed by atoms with E-state index in [2.05, 4.69) is 0 Å². The Bertz CT molecular complexity index is 337. The Morgan fingerprint density at radius 3 is 2.50 bits per heavy atom. The summed E-state index contributed by atoms with van der Waals surface area (Å²) in [5.74, 6) is -0.972. The number of amides is 1. The first-order chi connectivity index (χ1) is 8.52. The van der Waals surface area contributed by atoms with Crippen LogP contribution in [0.4, 0.5) is 0 Å². The van der Waals surface area contributed by atoms with Crippen molar-refractivity contribution in [2.45, 2.75) is 62.9 Å². The zero-order valence-electron chi connectivity index (χ0n) is 10.7. The molecule has 1 saturated heterocycles. The van der Waals surface area contributed by atoms with Gasteiger partial charge in [0, 0.05) is 18.5 Å². The minimum Gasteiger partial charge on any atom is -0.480 e. The Morgan fingerprint density at radius 1 is 1.22 bits per heavy atom. The van der Waals surface area contributed by atoms with E-state index in [0.717, 1.165) is 32.1 Å². The minimum absolute atomic E-state index is 0.0794. The van der Waals surface area contributed by atoms with Gasteiger partial charge in [-0.2, -0.15) is 0 Å². The number of hydrogen-bond acceptors (Lipinski definition) is 3. The van der Waals surface area contributed by atoms with Crippen molar-refractivity contribution in [3.63, 3.8) is 0 Å². The van der Waals surface area contributed by atoms with Gasteiger partial charge in [0.1, 0.15) is 6.04 Å². The molecular weight excluding hydrogens is 232 g/mol. The van der Waals surface area contributed by atoms with Crippen LogP contribution < -0.4 is 5.73 Å². The summed E-state index contributed by atoms with van der Waals surface area (Å²) in [6.45, 7) is 0.561. The van der Waals surface area contributed by atoms with Gasteiger partial charge in [0.2, 0.25) is 5.91 Å². The summed E-state index contributed by atoms with van der Waals surface area (Å²) in [4.78, 5) is 24.8. The summed E-state index contributed by atoms with van der Waals surface area (Å²) in [6, 6.07) is -0.635. The molecule has 1 amide bonds. The molecule has 0 aromatic rings. The highest BCUT2D eigenvalue weighted by atomic mass is 16.4. The zero-order chi connectivity index (χ0) is 13.2. The lowest BCUT2D eigenvalue weighted by Gasteiger charge is -2.34. The van der Waals surface area contributed by atoms with E-state index in [-0.39, 0.29) is 5.91 Å². The van der Waals surface area contributed by atoms with Crippen molar-refractivity contribution in [1.82, 2.24) is 4.90 Å². The third kappa shape index (κ3) is 2.83. The number of nitrogens with two attached hydrogens (primary N) is 1. The van der Waals surface area contributed by atoms with Gasteiger partial charge in [-0.1, -0.05) is 19.3 Å². The van der Waals surface area contributed by atoms with Crippen LogP contribution in [0.25, 0.3) is 0 Å². The van der Waals surface area contributed by atoms with Crippen LogP contribution in [0.15, 0.2) is 0 Å². The lowest BCUT2D eigenvalue weighted by molar-refractivity contribution is -0.148. The summed E-state index contributed by atoms with van der Waals surface area (Å²) in [7, 11) is 0. The summed E-state index contributed by atoms with van der Waals surface area (Å²) in [6.07, 6.45) is 6.75. The van der Waals surface area contributed by atoms with E-state index < -0.39 is 17.6 Å². The van der Waals surface area contributed by atoms with Crippen LogP contribution in [0.5, 0.6) is 0 Å². The molecule has 0 bridgehead atoms. The molecule has 1 heterocycles. The standard InChI is InChI=1S/C13H22N2O3/c14-13(6-2-1-3-7-13)9-11(16)15-8-4-5-10(15)12(17)18/h10H,1-9,14H2,(H,17,18). The topological polar surface area (TPSA) is 83.6 Å². The zero-order valence-corrected chi connectivity index (χ0v) is 10.7. The molecule has 1 atom stereocenters. The number of nitrogens with zero attached hydrogens (tertiary/aromatic N) is 1. The second-order valence-corrected chi connectivity index (χ2v) is 5.68. The van der Waals surface area contributed by atoms with E-state index in [1.54, 1.807) is 0 Å². The maximum atomic E-state index is 12.2. The molecule has 2 fully saturated rings. The van der Waals surface area contributed by atoms with E-state index in [9.17, 15) is 9.59 Å². The number of carboxylic acid groups (broad SMARTS) is 1. The smallest absolute Gasteiger partial charge is 0.326 e. The number of carbonyl (C=O) groups is 2. The average Bonchev–Trinajstić information content (AvgIpc) is 2.78. The summed E-state index contributed by atoms with van der Waals surface area (Å²) in [5.41, 5.74) is 5.85. The Hall–Kier alpha value is -1.10. The molecule has 2 aliphatic rings. The largest absolute Gasteiger partial charge is 0.480 e. The predicted molar refractivity (Wildman–Crippen MR) is 67.0 cm³/mol. The van der Waals surface area contributed by atoms with Crippen LogP contribution in [0.1, 0.15) is 51.4 Å². The molecule has 0 spiro atoms. The van der Waals surface area contributed by atoms with Gasteiger partial charge in [-0.25, -0.2) is 4.79 Å². The van der Waals surface area contributed by atoms with Crippen LogP contribution in [0.3, 0.4) is 0 Å². The second-order valence-electron chi connectivity index (χ2n) is 5.68. The van der Waals surface area contributed by atoms with Crippen molar-refractivity contribution in [3.05, 3.63) is 0 Å². The van der Waals surface area contributed by atoms with Crippen molar-refractivity contribution < 1.29 is 14.7 Å². The molecule has 2 rings (SSSR count). The predicted octanol–water partition coefficient (Wildman–Crippen LogP) is 1.11. The van der Waals surface area contributed by atoms with Crippen molar-refractivity contribution in [2.24, 2.45) is 5.73 Å². The molecule has 1 aliphatic heterocycles. The Morgan fingerprint density at radius 2 is 1.89 bits per heavy atom. The molecule has 1 aliphatic carbocycles. The van der Waals surface area contributed by atoms with E-state index in [0.29, 0.717) is 19.4 Å². The highest BCUT2D eigenvalue weighted by molar-refractivity contribution is 5.84. The molecule has 1 unspecified atom stereocenters. The van der Waals surface area contributed by atoms with Gasteiger partial charge in [-0.05, 0) is 25.7 Å². The van der Waals surface area contributed by atoms with Crippen LogP contribution in [0, 0.1) is 0 Å². The molecule has 0 radical (unpaired) electrons. The molecule has 5 heteroatoms. The maximum Gasteiger partial charge on any atom is 0.326 e. The van der Waals surface area contributed by atoms with E-state index in [1.807, 2.05) is 0 Å². The fraction of sp³-hybridized carbons (Fsp3) is 0.846. The van der Waals surface area contributed by atoms with Crippen LogP contribution in [-0.2, 0) is 9.59 Å². The number of likely N-dealkylation sites (tertiary alicyclic amines) is 1. The van der Waals surface area contributed by atoms with E-state index >= 15 is 0 Å². The summed E-state index contributed by atoms with van der Waals surface area (Å²) >= 11 is 0. The van der Waals surface area contributed by atoms with Gasteiger partial charge in [-0.3, -0.25) is 4.79 Å². The normalized spacial score (nSPS) is 27.2. The number of aliphatic carboxylic acids is 1. The first-order valence-electron chi connectivity index (χ1n) is 6.83. The Labute approximate surface area is 107 Å². The quantitative estimate of drug-likeness (QED) is 0.790. The van der Waals surface area contributed by atoms with Gasteiger partial charge in [-0.15, -0.1) is 0 Å². The Balaban J connectivity index is 1.96. The maximum absolute atomic E-state index is 12.2. The van der Waals surface area contributed by atoms with Crippen LogP contribution >= 0.6 is 0 Å². The fourth-order valence-electron chi connectivity index (χ4n) is 3.16. The Kier molecular flexibility index (Phi) is 3.90. The van der Waals surface area contributed by atoms with Crippen LogP contribution in [0.2, 0.25) is 0 Å². The number of carbonyl (C=O) groups excluding carboxylic acids is 1. The third-order valence-electron chi connectivity index (χ3n) is 4.21. The average molecular weight is 254 g/mol. The van der Waals surface area contributed by atoms with Crippen molar-refractivity contribution >= 4 is 11.9 Å². The molecule has 0 aromatic heterocycles. The fourth-order valence-corrected chi connectivity index (χ4v) is 3.16. The first kappa shape index (κ1) is 13.3. The molecule has 1 saturated carbocycles. The third-order valence-corrected chi connectivity index (χ3v) is 4.21. The number of hydrogen-bond donors (Lipinski definition) is 2. The van der Waals surface area contributed by atoms with Crippen molar-refractivity contribution in [2.75, 3.05) is 6.54 Å². The van der Waals surface area contributed by atoms with Crippen LogP contribution in [-0.4, -0.2) is 40.0 Å². The lowest BCUT2D eigenvalue weighted by Crippen LogP contribution is -2.49. The molecule has 3 N–H and O–H groups in total. The van der Waals surface area contributed by atoms with Crippen molar-refractivity contribution in [1.29, 1.82) is 0 Å². The lowest BCUT2D eigenvalue weighted by atomic mass is 9.80. The molecule has 5 nitrogen and oxygen atoms in total. The van der Waals surface area contributed by atoms with E-state index in [4.69, 9.17) is 10.8 Å². The highest BCUT2D eigenvalue weighted by Crippen LogP contribution is 2.30.